The minimum atomic E-state index is -3.88. The van der Waals surface area contributed by atoms with Crippen LogP contribution in [0.25, 0.3) is 0 Å². The molecule has 0 unspecified atom stereocenters. The van der Waals surface area contributed by atoms with Gasteiger partial charge in [0.25, 0.3) is 0 Å². The van der Waals surface area contributed by atoms with E-state index >= 15 is 0 Å². The smallest absolute Gasteiger partial charge is 0.337 e. The van der Waals surface area contributed by atoms with Crippen LogP contribution < -0.4 is 5.32 Å². The lowest BCUT2D eigenvalue weighted by Crippen LogP contribution is -2.43. The molecule has 2 N–H and O–H groups in total. The number of nitrogens with one attached hydrogen (secondary N) is 1. The summed E-state index contributed by atoms with van der Waals surface area (Å²) in [6, 6.07) is 5.58. The molecule has 0 radical (unpaired) electrons. The molecule has 0 spiro atoms. The molecule has 1 aliphatic heterocycles. The number of carbonyl (C=O) groups is 2. The topological polar surface area (TPSA) is 104 Å². The second-order valence-corrected chi connectivity index (χ2v) is 7.68. The van der Waals surface area contributed by atoms with Gasteiger partial charge in [-0.05, 0) is 31.4 Å². The number of rotatable bonds is 6. The SMILES string of the molecule is CCCNC(=O)C1CCN(S(=O)(=O)c2ccccc2C(=O)O)CC1. The normalized spacial score (nSPS) is 16.7. The average molecular weight is 354 g/mol. The summed E-state index contributed by atoms with van der Waals surface area (Å²) in [5.74, 6) is -1.51. The number of aromatic carboxylic acids is 1. The summed E-state index contributed by atoms with van der Waals surface area (Å²) in [5.41, 5.74) is -0.236. The zero-order valence-corrected chi connectivity index (χ0v) is 14.4. The maximum Gasteiger partial charge on any atom is 0.337 e. The molecule has 0 saturated carbocycles. The Hall–Kier alpha value is -1.93. The number of carboxylic acid groups (broad SMARTS) is 1. The van der Waals surface area contributed by atoms with Crippen LogP contribution in [-0.4, -0.2) is 49.3 Å². The third kappa shape index (κ3) is 3.93. The van der Waals surface area contributed by atoms with Crippen LogP contribution in [-0.2, 0) is 14.8 Å². The maximum atomic E-state index is 12.7. The summed E-state index contributed by atoms with van der Waals surface area (Å²) >= 11 is 0. The molecular formula is C16H22N2O5S. The van der Waals surface area contributed by atoms with E-state index in [-0.39, 0.29) is 35.4 Å². The van der Waals surface area contributed by atoms with Crippen LogP contribution in [0.3, 0.4) is 0 Å². The van der Waals surface area contributed by atoms with Crippen LogP contribution in [0.1, 0.15) is 36.5 Å². The summed E-state index contributed by atoms with van der Waals surface area (Å²) in [4.78, 5) is 23.0. The summed E-state index contributed by atoms with van der Waals surface area (Å²) in [7, 11) is -3.88. The number of carbonyl (C=O) groups excluding carboxylic acids is 1. The summed E-state index contributed by atoms with van der Waals surface area (Å²) in [5, 5.41) is 12.0. The summed E-state index contributed by atoms with van der Waals surface area (Å²) in [6.07, 6.45) is 1.72. The summed E-state index contributed by atoms with van der Waals surface area (Å²) < 4.78 is 26.7. The molecule has 1 aromatic rings. The zero-order valence-electron chi connectivity index (χ0n) is 13.6. The van der Waals surface area contributed by atoms with Crippen molar-refractivity contribution in [1.29, 1.82) is 0 Å². The molecule has 0 bridgehead atoms. The van der Waals surface area contributed by atoms with Crippen LogP contribution >= 0.6 is 0 Å². The predicted octanol–water partition coefficient (Wildman–Crippen LogP) is 1.31. The van der Waals surface area contributed by atoms with Gasteiger partial charge in [0.1, 0.15) is 0 Å². The number of piperidine rings is 1. The number of sulfonamides is 1. The molecule has 0 aliphatic carbocycles. The number of carboxylic acids is 1. The Labute approximate surface area is 141 Å². The molecule has 7 nitrogen and oxygen atoms in total. The third-order valence-electron chi connectivity index (χ3n) is 4.11. The van der Waals surface area contributed by atoms with E-state index in [0.717, 1.165) is 6.42 Å². The molecule has 1 saturated heterocycles. The van der Waals surface area contributed by atoms with Crippen molar-refractivity contribution in [2.24, 2.45) is 5.92 Å². The minimum Gasteiger partial charge on any atom is -0.478 e. The van der Waals surface area contributed by atoms with E-state index in [1.54, 1.807) is 0 Å². The molecule has 24 heavy (non-hydrogen) atoms. The average Bonchev–Trinajstić information content (AvgIpc) is 2.59. The molecule has 132 valence electrons. The Morgan fingerprint density at radius 3 is 2.46 bits per heavy atom. The quantitative estimate of drug-likeness (QED) is 0.802. The molecule has 2 rings (SSSR count). The van der Waals surface area contributed by atoms with Gasteiger partial charge in [0.05, 0.1) is 10.5 Å². The van der Waals surface area contributed by atoms with E-state index < -0.39 is 16.0 Å². The van der Waals surface area contributed by atoms with Crippen LogP contribution in [0.2, 0.25) is 0 Å². The first kappa shape index (κ1) is 18.4. The van der Waals surface area contributed by atoms with Gasteiger partial charge in [-0.1, -0.05) is 19.1 Å². The number of hydrogen-bond acceptors (Lipinski definition) is 4. The van der Waals surface area contributed by atoms with Gasteiger partial charge < -0.3 is 10.4 Å². The second-order valence-electron chi connectivity index (χ2n) is 5.77. The van der Waals surface area contributed by atoms with E-state index in [0.29, 0.717) is 19.4 Å². The predicted molar refractivity (Wildman–Crippen MR) is 88.2 cm³/mol. The van der Waals surface area contributed by atoms with Gasteiger partial charge in [0.2, 0.25) is 15.9 Å². The number of amides is 1. The van der Waals surface area contributed by atoms with Crippen molar-refractivity contribution in [2.45, 2.75) is 31.1 Å². The standard InChI is InChI=1S/C16H22N2O5S/c1-2-9-17-15(19)12-7-10-18(11-8-12)24(22,23)14-6-4-3-5-13(14)16(20)21/h3-6,12H,2,7-11H2,1H3,(H,17,19)(H,20,21). The lowest BCUT2D eigenvalue weighted by Gasteiger charge is -2.30. The maximum absolute atomic E-state index is 12.7. The van der Waals surface area contributed by atoms with Gasteiger partial charge in [0, 0.05) is 25.6 Å². The van der Waals surface area contributed by atoms with E-state index in [2.05, 4.69) is 5.32 Å². The van der Waals surface area contributed by atoms with E-state index in [1.807, 2.05) is 6.92 Å². The molecule has 0 atom stereocenters. The Balaban J connectivity index is 2.11. The van der Waals surface area contributed by atoms with Crippen LogP contribution in [0.5, 0.6) is 0 Å². The molecule has 1 heterocycles. The highest BCUT2D eigenvalue weighted by atomic mass is 32.2. The molecular weight excluding hydrogens is 332 g/mol. The number of hydrogen-bond donors (Lipinski definition) is 2. The molecule has 1 aromatic carbocycles. The molecule has 0 aromatic heterocycles. The van der Waals surface area contributed by atoms with Crippen molar-refractivity contribution in [2.75, 3.05) is 19.6 Å². The fourth-order valence-electron chi connectivity index (χ4n) is 2.76. The van der Waals surface area contributed by atoms with E-state index in [1.165, 1.54) is 28.6 Å². The Kier molecular flexibility index (Phi) is 5.95. The van der Waals surface area contributed by atoms with Crippen molar-refractivity contribution >= 4 is 21.9 Å². The van der Waals surface area contributed by atoms with E-state index in [4.69, 9.17) is 0 Å². The minimum absolute atomic E-state index is 0.0418. The molecule has 1 amide bonds. The third-order valence-corrected chi connectivity index (χ3v) is 6.07. The van der Waals surface area contributed by atoms with Crippen molar-refractivity contribution in [1.82, 2.24) is 9.62 Å². The first-order chi connectivity index (χ1) is 11.4. The zero-order chi connectivity index (χ0) is 17.7. The Morgan fingerprint density at radius 2 is 1.88 bits per heavy atom. The second kappa shape index (κ2) is 7.76. The Morgan fingerprint density at radius 1 is 1.25 bits per heavy atom. The first-order valence-electron chi connectivity index (χ1n) is 7.98. The highest BCUT2D eigenvalue weighted by Gasteiger charge is 2.33. The number of benzene rings is 1. The van der Waals surface area contributed by atoms with Crippen molar-refractivity contribution in [3.63, 3.8) is 0 Å². The van der Waals surface area contributed by atoms with Gasteiger partial charge in [-0.25, -0.2) is 13.2 Å². The lowest BCUT2D eigenvalue weighted by atomic mass is 9.97. The fourth-order valence-corrected chi connectivity index (χ4v) is 4.41. The van der Waals surface area contributed by atoms with Crippen molar-refractivity contribution < 1.29 is 23.1 Å². The largest absolute Gasteiger partial charge is 0.478 e. The molecule has 1 fully saturated rings. The highest BCUT2D eigenvalue weighted by molar-refractivity contribution is 7.89. The van der Waals surface area contributed by atoms with Gasteiger partial charge in [0.15, 0.2) is 0 Å². The van der Waals surface area contributed by atoms with Gasteiger partial charge >= 0.3 is 5.97 Å². The summed E-state index contributed by atoms with van der Waals surface area (Å²) in [6.45, 7) is 3.00. The molecule has 1 aliphatic rings. The monoisotopic (exact) mass is 354 g/mol. The van der Waals surface area contributed by atoms with Crippen LogP contribution in [0.4, 0.5) is 0 Å². The Bertz CT molecular complexity index is 709. The van der Waals surface area contributed by atoms with Gasteiger partial charge in [-0.2, -0.15) is 4.31 Å². The van der Waals surface area contributed by atoms with Crippen LogP contribution in [0.15, 0.2) is 29.2 Å². The van der Waals surface area contributed by atoms with Crippen molar-refractivity contribution in [3.8, 4) is 0 Å². The van der Waals surface area contributed by atoms with E-state index in [9.17, 15) is 23.1 Å². The number of nitrogens with zero attached hydrogens (tertiary/aromatic N) is 1. The first-order valence-corrected chi connectivity index (χ1v) is 9.42. The van der Waals surface area contributed by atoms with Gasteiger partial charge in [-0.3, -0.25) is 4.79 Å². The van der Waals surface area contributed by atoms with Crippen LogP contribution in [0, 0.1) is 5.92 Å². The highest BCUT2D eigenvalue weighted by Crippen LogP contribution is 2.26. The van der Waals surface area contributed by atoms with Gasteiger partial charge in [-0.15, -0.1) is 0 Å². The molecule has 8 heteroatoms. The fraction of sp³-hybridized carbons (Fsp3) is 0.500. The lowest BCUT2D eigenvalue weighted by molar-refractivity contribution is -0.126. The van der Waals surface area contributed by atoms with Crippen molar-refractivity contribution in [3.05, 3.63) is 29.8 Å².